The Kier molecular flexibility index (Phi) is 2.32. The van der Waals surface area contributed by atoms with Crippen LogP contribution in [-0.4, -0.2) is 10.2 Å². The molecule has 1 aliphatic rings. The molecule has 3 heteroatoms. The Morgan fingerprint density at radius 2 is 2.00 bits per heavy atom. The van der Waals surface area contributed by atoms with Gasteiger partial charge in [-0.3, -0.25) is 0 Å². The highest BCUT2D eigenvalue weighted by Crippen LogP contribution is 2.12. The third-order valence-corrected chi connectivity index (χ3v) is 2.05. The van der Waals surface area contributed by atoms with Crippen molar-refractivity contribution in [2.24, 2.45) is 5.10 Å². The van der Waals surface area contributed by atoms with Crippen molar-refractivity contribution in [1.29, 1.82) is 0 Å². The lowest BCUT2D eigenvalue weighted by Gasteiger charge is -2.12. The van der Waals surface area contributed by atoms with E-state index in [0.29, 0.717) is 0 Å². The zero-order valence-corrected chi connectivity index (χ0v) is 7.78. The minimum absolute atomic E-state index is 0.841. The molecule has 0 aliphatic carbocycles. The lowest BCUT2D eigenvalue weighted by Crippen LogP contribution is -2.09. The molecule has 0 amide bonds. The fraction of sp³-hybridized carbons (Fsp3) is 0.100. The van der Waals surface area contributed by atoms with E-state index in [1.54, 1.807) is 6.20 Å². The zero-order valence-electron chi connectivity index (χ0n) is 7.02. The van der Waals surface area contributed by atoms with Gasteiger partial charge in [0.2, 0.25) is 0 Å². The second-order valence-electron chi connectivity index (χ2n) is 2.79. The van der Waals surface area contributed by atoms with E-state index in [0.717, 1.165) is 17.7 Å². The first kappa shape index (κ1) is 8.32. The standard InChI is InChI=1S/C10H9ClN2/c11-13-8-4-7-10(12-13)9-5-2-1-3-6-9/h1-6,8H,7H2. The van der Waals surface area contributed by atoms with Gasteiger partial charge in [0.25, 0.3) is 0 Å². The summed E-state index contributed by atoms with van der Waals surface area (Å²) in [4.78, 5) is 0. The Balaban J connectivity index is 2.28. The van der Waals surface area contributed by atoms with Crippen LogP contribution in [0.3, 0.4) is 0 Å². The molecule has 0 saturated carbocycles. The van der Waals surface area contributed by atoms with Gasteiger partial charge in [-0.1, -0.05) is 36.4 Å². The molecule has 0 aromatic heterocycles. The first-order valence-corrected chi connectivity index (χ1v) is 4.44. The largest absolute Gasteiger partial charge is 0.180 e. The number of nitrogens with zero attached hydrogens (tertiary/aromatic N) is 2. The normalized spacial score (nSPS) is 15.8. The number of allylic oxidation sites excluding steroid dienone is 1. The van der Waals surface area contributed by atoms with Gasteiger partial charge in [-0.25, -0.2) is 0 Å². The summed E-state index contributed by atoms with van der Waals surface area (Å²) >= 11 is 5.72. The van der Waals surface area contributed by atoms with Gasteiger partial charge in [-0.05, 0) is 5.56 Å². The van der Waals surface area contributed by atoms with Crippen LogP contribution in [0.15, 0.2) is 47.7 Å². The molecule has 0 radical (unpaired) electrons. The summed E-state index contributed by atoms with van der Waals surface area (Å²) in [5.41, 5.74) is 2.12. The Morgan fingerprint density at radius 1 is 1.23 bits per heavy atom. The van der Waals surface area contributed by atoms with Gasteiger partial charge in [-0.2, -0.15) is 9.63 Å². The second kappa shape index (κ2) is 3.62. The molecular weight excluding hydrogens is 184 g/mol. The van der Waals surface area contributed by atoms with E-state index in [1.807, 2.05) is 36.4 Å². The Bertz CT molecular complexity index is 343. The van der Waals surface area contributed by atoms with Crippen LogP contribution in [0, 0.1) is 0 Å². The molecule has 0 atom stereocenters. The van der Waals surface area contributed by atoms with Gasteiger partial charge in [0.15, 0.2) is 0 Å². The number of benzene rings is 1. The lowest BCUT2D eigenvalue weighted by molar-refractivity contribution is 0.642. The number of hydrogen-bond donors (Lipinski definition) is 0. The van der Waals surface area contributed by atoms with Gasteiger partial charge < -0.3 is 0 Å². The quantitative estimate of drug-likeness (QED) is 0.625. The van der Waals surface area contributed by atoms with Crippen molar-refractivity contribution in [3.05, 3.63) is 48.2 Å². The minimum atomic E-state index is 0.841. The number of halogens is 1. The van der Waals surface area contributed by atoms with E-state index in [1.165, 1.54) is 4.53 Å². The van der Waals surface area contributed by atoms with Gasteiger partial charge in [0, 0.05) is 24.4 Å². The molecule has 2 nitrogen and oxygen atoms in total. The number of rotatable bonds is 1. The molecule has 66 valence electrons. The molecule has 1 aliphatic heterocycles. The monoisotopic (exact) mass is 192 g/mol. The summed E-state index contributed by atoms with van der Waals surface area (Å²) in [6, 6.07) is 10.0. The lowest BCUT2D eigenvalue weighted by atomic mass is 10.1. The van der Waals surface area contributed by atoms with Crippen LogP contribution in [0.4, 0.5) is 0 Å². The molecule has 0 N–H and O–H groups in total. The van der Waals surface area contributed by atoms with Crippen LogP contribution in [0.2, 0.25) is 0 Å². The van der Waals surface area contributed by atoms with Gasteiger partial charge in [0.05, 0.1) is 5.71 Å². The fourth-order valence-corrected chi connectivity index (χ4v) is 1.42. The predicted octanol–water partition coefficient (Wildman–Crippen LogP) is 2.76. The molecule has 0 unspecified atom stereocenters. The smallest absolute Gasteiger partial charge is 0.0734 e. The maximum Gasteiger partial charge on any atom is 0.0734 e. The van der Waals surface area contributed by atoms with Crippen molar-refractivity contribution in [3.8, 4) is 0 Å². The molecule has 2 rings (SSSR count). The first-order valence-electron chi connectivity index (χ1n) is 4.11. The van der Waals surface area contributed by atoms with Crippen molar-refractivity contribution < 1.29 is 0 Å². The highest BCUT2D eigenvalue weighted by Gasteiger charge is 2.06. The maximum absolute atomic E-state index is 5.72. The first-order chi connectivity index (χ1) is 6.36. The van der Waals surface area contributed by atoms with Crippen LogP contribution in [0.1, 0.15) is 12.0 Å². The van der Waals surface area contributed by atoms with Gasteiger partial charge >= 0.3 is 0 Å². The average Bonchev–Trinajstić information content (AvgIpc) is 2.19. The van der Waals surface area contributed by atoms with E-state index in [9.17, 15) is 0 Å². The van der Waals surface area contributed by atoms with E-state index in [-0.39, 0.29) is 0 Å². The Labute approximate surface area is 82.2 Å². The second-order valence-corrected chi connectivity index (χ2v) is 3.14. The van der Waals surface area contributed by atoms with Crippen LogP contribution < -0.4 is 0 Å². The van der Waals surface area contributed by atoms with Crippen LogP contribution >= 0.6 is 11.8 Å². The molecule has 0 fully saturated rings. The van der Waals surface area contributed by atoms with Crippen molar-refractivity contribution in [1.82, 2.24) is 4.53 Å². The molecule has 0 saturated heterocycles. The van der Waals surface area contributed by atoms with Crippen molar-refractivity contribution in [2.75, 3.05) is 0 Å². The highest BCUT2D eigenvalue weighted by molar-refractivity contribution is 6.15. The van der Waals surface area contributed by atoms with Crippen molar-refractivity contribution >= 4 is 17.5 Å². The predicted molar refractivity (Wildman–Crippen MR) is 54.4 cm³/mol. The number of hydrogen-bond acceptors (Lipinski definition) is 2. The molecule has 1 heterocycles. The molecule has 0 bridgehead atoms. The molecular formula is C10H9ClN2. The van der Waals surface area contributed by atoms with E-state index in [4.69, 9.17) is 11.8 Å². The summed E-state index contributed by atoms with van der Waals surface area (Å²) in [5, 5.41) is 4.18. The fourth-order valence-electron chi connectivity index (χ4n) is 1.25. The zero-order chi connectivity index (χ0) is 9.10. The molecule has 1 aromatic carbocycles. The van der Waals surface area contributed by atoms with E-state index >= 15 is 0 Å². The highest BCUT2D eigenvalue weighted by atomic mass is 35.5. The van der Waals surface area contributed by atoms with Crippen LogP contribution in [-0.2, 0) is 0 Å². The third kappa shape index (κ3) is 1.90. The molecule has 13 heavy (non-hydrogen) atoms. The Hall–Kier alpha value is -1.28. The molecule has 1 aromatic rings. The minimum Gasteiger partial charge on any atom is -0.180 e. The summed E-state index contributed by atoms with van der Waals surface area (Å²) in [6.07, 6.45) is 4.57. The average molecular weight is 193 g/mol. The maximum atomic E-state index is 5.72. The molecule has 0 spiro atoms. The van der Waals surface area contributed by atoms with Gasteiger partial charge in [0.1, 0.15) is 0 Å². The third-order valence-electron chi connectivity index (χ3n) is 1.86. The van der Waals surface area contributed by atoms with Crippen molar-refractivity contribution in [2.45, 2.75) is 6.42 Å². The van der Waals surface area contributed by atoms with E-state index in [2.05, 4.69) is 5.10 Å². The number of hydrazone groups is 1. The summed E-state index contributed by atoms with van der Waals surface area (Å²) in [5.74, 6) is 0. The van der Waals surface area contributed by atoms with Crippen LogP contribution in [0.25, 0.3) is 0 Å². The topological polar surface area (TPSA) is 15.6 Å². The van der Waals surface area contributed by atoms with Crippen molar-refractivity contribution in [3.63, 3.8) is 0 Å². The summed E-state index contributed by atoms with van der Waals surface area (Å²) < 4.78 is 1.31. The summed E-state index contributed by atoms with van der Waals surface area (Å²) in [7, 11) is 0. The SMILES string of the molecule is ClN1C=CCC(c2ccccc2)=N1. The van der Waals surface area contributed by atoms with Crippen LogP contribution in [0.5, 0.6) is 0 Å². The van der Waals surface area contributed by atoms with E-state index < -0.39 is 0 Å². The Morgan fingerprint density at radius 3 is 2.69 bits per heavy atom. The summed E-state index contributed by atoms with van der Waals surface area (Å²) in [6.45, 7) is 0. The van der Waals surface area contributed by atoms with Gasteiger partial charge in [-0.15, -0.1) is 0 Å².